The highest BCUT2D eigenvalue weighted by Gasteiger charge is 2.22. The number of hydrogen-bond donors (Lipinski definition) is 0. The van der Waals surface area contributed by atoms with Crippen molar-refractivity contribution in [3.8, 4) is 0 Å². The fraction of sp³-hybridized carbons (Fsp3) is 0.174. The van der Waals surface area contributed by atoms with E-state index in [9.17, 15) is 9.59 Å². The summed E-state index contributed by atoms with van der Waals surface area (Å²) in [6, 6.07) is 16.4. The molecule has 0 bridgehead atoms. The highest BCUT2D eigenvalue weighted by atomic mass is 32.1. The van der Waals surface area contributed by atoms with E-state index in [1.807, 2.05) is 49.4 Å². The van der Waals surface area contributed by atoms with Crippen LogP contribution in [0.4, 0.5) is 0 Å². The van der Waals surface area contributed by atoms with Gasteiger partial charge < -0.3 is 13.9 Å². The topological polar surface area (TPSA) is 83.0 Å². The van der Waals surface area contributed by atoms with E-state index in [1.54, 1.807) is 10.5 Å². The summed E-state index contributed by atoms with van der Waals surface area (Å²) in [6.07, 6.45) is 0. The molecule has 0 N–H and O–H groups in total. The molecular formula is C23H18N2O5S. The van der Waals surface area contributed by atoms with Gasteiger partial charge in [-0.25, -0.2) is 9.78 Å². The quantitative estimate of drug-likeness (QED) is 0.365. The molecule has 0 fully saturated rings. The third-order valence-corrected chi connectivity index (χ3v) is 5.96. The lowest BCUT2D eigenvalue weighted by molar-refractivity contribution is 0.0425. The SMILES string of the molecule is CCOCc1c(C(=O)OCc2cc(=O)n3c(n2)sc2ccccc23)oc2ccccc12. The predicted octanol–water partition coefficient (Wildman–Crippen LogP) is 4.55. The van der Waals surface area contributed by atoms with E-state index >= 15 is 0 Å². The van der Waals surface area contributed by atoms with Gasteiger partial charge in [-0.15, -0.1) is 0 Å². The minimum absolute atomic E-state index is 0.106. The maximum atomic E-state index is 12.8. The number of hydrogen-bond acceptors (Lipinski definition) is 7. The van der Waals surface area contributed by atoms with Gasteiger partial charge in [-0.1, -0.05) is 41.7 Å². The summed E-state index contributed by atoms with van der Waals surface area (Å²) >= 11 is 1.41. The van der Waals surface area contributed by atoms with Gasteiger partial charge in [0.05, 0.1) is 22.5 Å². The smallest absolute Gasteiger partial charge is 0.375 e. The van der Waals surface area contributed by atoms with Crippen molar-refractivity contribution in [3.63, 3.8) is 0 Å². The second kappa shape index (κ2) is 7.98. The molecule has 31 heavy (non-hydrogen) atoms. The number of ether oxygens (including phenoxy) is 2. The van der Waals surface area contributed by atoms with Crippen molar-refractivity contribution in [2.75, 3.05) is 6.61 Å². The number of nitrogens with zero attached hydrogens (tertiary/aromatic N) is 2. The first kappa shape index (κ1) is 19.5. The van der Waals surface area contributed by atoms with E-state index in [1.165, 1.54) is 17.4 Å². The first-order chi connectivity index (χ1) is 15.2. The van der Waals surface area contributed by atoms with Crippen LogP contribution in [-0.4, -0.2) is 22.0 Å². The monoisotopic (exact) mass is 434 g/mol. The van der Waals surface area contributed by atoms with Crippen LogP contribution in [0.25, 0.3) is 26.1 Å². The molecule has 2 aromatic carbocycles. The zero-order valence-electron chi connectivity index (χ0n) is 16.7. The molecule has 5 rings (SSSR count). The standard InChI is InChI=1S/C23H18N2O5S/c1-2-28-13-16-15-7-3-5-9-18(15)30-21(16)22(27)29-12-14-11-20(26)25-17-8-4-6-10-19(17)31-23(25)24-14/h3-11H,2,12-13H2,1H3. The average molecular weight is 434 g/mol. The molecule has 0 radical (unpaired) electrons. The number of thiazole rings is 1. The van der Waals surface area contributed by atoms with Gasteiger partial charge in [0.1, 0.15) is 12.2 Å². The summed E-state index contributed by atoms with van der Waals surface area (Å²) in [5.74, 6) is -0.515. The van der Waals surface area contributed by atoms with Gasteiger partial charge in [0.2, 0.25) is 5.76 Å². The first-order valence-electron chi connectivity index (χ1n) is 9.81. The molecule has 0 atom stereocenters. The van der Waals surface area contributed by atoms with Crippen molar-refractivity contribution in [1.29, 1.82) is 0 Å². The Morgan fingerprint density at radius 3 is 2.81 bits per heavy atom. The van der Waals surface area contributed by atoms with Gasteiger partial charge >= 0.3 is 5.97 Å². The third kappa shape index (κ3) is 3.49. The molecule has 0 amide bonds. The Morgan fingerprint density at radius 2 is 1.94 bits per heavy atom. The van der Waals surface area contributed by atoms with Crippen LogP contribution >= 0.6 is 11.3 Å². The first-order valence-corrected chi connectivity index (χ1v) is 10.6. The number of rotatable bonds is 6. The fourth-order valence-electron chi connectivity index (χ4n) is 3.51. The second-order valence-corrected chi connectivity index (χ2v) is 7.90. The van der Waals surface area contributed by atoms with E-state index < -0.39 is 5.97 Å². The maximum absolute atomic E-state index is 12.8. The predicted molar refractivity (Wildman–Crippen MR) is 118 cm³/mol. The van der Waals surface area contributed by atoms with Gasteiger partial charge in [-0.2, -0.15) is 0 Å². The van der Waals surface area contributed by atoms with Crippen LogP contribution in [0.3, 0.4) is 0 Å². The Kier molecular flexibility index (Phi) is 5.01. The van der Waals surface area contributed by atoms with Crippen LogP contribution in [0.15, 0.2) is 63.8 Å². The summed E-state index contributed by atoms with van der Waals surface area (Å²) in [6.45, 7) is 2.50. The lowest BCUT2D eigenvalue weighted by atomic mass is 10.1. The zero-order valence-corrected chi connectivity index (χ0v) is 17.5. The molecule has 7 nitrogen and oxygen atoms in total. The molecule has 8 heteroatoms. The fourth-order valence-corrected chi connectivity index (χ4v) is 4.56. The molecule has 0 spiro atoms. The highest BCUT2D eigenvalue weighted by Crippen LogP contribution is 2.28. The summed E-state index contributed by atoms with van der Waals surface area (Å²) in [7, 11) is 0. The molecule has 0 saturated heterocycles. The van der Waals surface area contributed by atoms with E-state index in [0.717, 1.165) is 15.6 Å². The Bertz CT molecular complexity index is 1480. The van der Waals surface area contributed by atoms with Crippen LogP contribution < -0.4 is 5.56 Å². The number of benzene rings is 2. The van der Waals surface area contributed by atoms with E-state index in [4.69, 9.17) is 13.9 Å². The lowest BCUT2D eigenvalue weighted by Gasteiger charge is -2.05. The Labute approximate surface area is 180 Å². The number of para-hydroxylation sites is 2. The number of aromatic nitrogens is 2. The summed E-state index contributed by atoms with van der Waals surface area (Å²) in [5.41, 5.74) is 2.22. The number of carbonyl (C=O) groups excluding carboxylic acids is 1. The number of carbonyl (C=O) groups is 1. The summed E-state index contributed by atoms with van der Waals surface area (Å²) in [4.78, 5) is 30.5. The van der Waals surface area contributed by atoms with Crippen molar-refractivity contribution in [2.45, 2.75) is 20.1 Å². The number of esters is 1. The largest absolute Gasteiger partial charge is 0.453 e. The van der Waals surface area contributed by atoms with Crippen molar-refractivity contribution >= 4 is 43.5 Å². The van der Waals surface area contributed by atoms with E-state index in [-0.39, 0.29) is 24.5 Å². The van der Waals surface area contributed by atoms with Gasteiger partial charge in [-0.3, -0.25) is 9.20 Å². The molecule has 3 aromatic heterocycles. The Morgan fingerprint density at radius 1 is 1.13 bits per heavy atom. The summed E-state index contributed by atoms with van der Waals surface area (Å²) < 4.78 is 19.2. The van der Waals surface area contributed by atoms with Crippen LogP contribution in [0.1, 0.15) is 28.7 Å². The minimum atomic E-state index is -0.621. The molecule has 0 saturated carbocycles. The van der Waals surface area contributed by atoms with Crippen LogP contribution in [-0.2, 0) is 22.7 Å². The minimum Gasteiger partial charge on any atom is -0.453 e. The normalized spacial score (nSPS) is 11.5. The van der Waals surface area contributed by atoms with Gasteiger partial charge in [0.25, 0.3) is 5.56 Å². The van der Waals surface area contributed by atoms with Gasteiger partial charge in [-0.05, 0) is 25.1 Å². The third-order valence-electron chi connectivity index (χ3n) is 4.93. The molecule has 3 heterocycles. The Hall–Kier alpha value is -3.49. The molecular weight excluding hydrogens is 416 g/mol. The summed E-state index contributed by atoms with van der Waals surface area (Å²) in [5, 5.41) is 0.811. The Balaban J connectivity index is 1.43. The van der Waals surface area contributed by atoms with E-state index in [0.29, 0.717) is 28.4 Å². The molecule has 156 valence electrons. The molecule has 0 aliphatic carbocycles. The van der Waals surface area contributed by atoms with Crippen molar-refractivity contribution < 1.29 is 18.7 Å². The zero-order chi connectivity index (χ0) is 21.4. The number of fused-ring (bicyclic) bond motifs is 4. The van der Waals surface area contributed by atoms with Crippen LogP contribution in [0.5, 0.6) is 0 Å². The van der Waals surface area contributed by atoms with Crippen LogP contribution in [0.2, 0.25) is 0 Å². The van der Waals surface area contributed by atoms with Crippen molar-refractivity contribution in [3.05, 3.63) is 82.0 Å². The lowest BCUT2D eigenvalue weighted by Crippen LogP contribution is -2.15. The maximum Gasteiger partial charge on any atom is 0.375 e. The average Bonchev–Trinajstić information content (AvgIpc) is 3.34. The molecule has 0 unspecified atom stereocenters. The molecule has 0 aliphatic heterocycles. The second-order valence-electron chi connectivity index (χ2n) is 6.89. The van der Waals surface area contributed by atoms with Gasteiger partial charge in [0.15, 0.2) is 4.96 Å². The number of furan rings is 1. The highest BCUT2D eigenvalue weighted by molar-refractivity contribution is 7.23. The van der Waals surface area contributed by atoms with Crippen LogP contribution in [0, 0.1) is 0 Å². The molecule has 5 aromatic rings. The molecule has 0 aliphatic rings. The van der Waals surface area contributed by atoms with Gasteiger partial charge in [0, 0.05) is 23.6 Å². The van der Waals surface area contributed by atoms with Crippen molar-refractivity contribution in [2.24, 2.45) is 0 Å². The van der Waals surface area contributed by atoms with E-state index in [2.05, 4.69) is 4.98 Å². The van der Waals surface area contributed by atoms with Crippen molar-refractivity contribution in [1.82, 2.24) is 9.38 Å².